The molecule has 0 spiro atoms. The molecule has 8 nitrogen and oxygen atoms in total. The van der Waals surface area contributed by atoms with Gasteiger partial charge in [-0.05, 0) is 0 Å². The number of rotatable bonds is 0. The molecule has 0 aromatic carbocycles. The van der Waals surface area contributed by atoms with Gasteiger partial charge in [-0.15, -0.1) is 13.2 Å². The van der Waals surface area contributed by atoms with Crippen molar-refractivity contribution < 1.29 is 0 Å². The quantitative estimate of drug-likeness (QED) is 0.561. The molecule has 2 rings (SSSR count). The fourth-order valence-electron chi connectivity index (χ4n) is 1.27. The summed E-state index contributed by atoms with van der Waals surface area (Å²) in [5.41, 5.74) is 0.0119. The Labute approximate surface area is 97.8 Å². The lowest BCUT2D eigenvalue weighted by Crippen LogP contribution is -2.36. The number of hydrogen-bond donors (Lipinski definition) is 3. The van der Waals surface area contributed by atoms with Crippen LogP contribution in [0.15, 0.2) is 29.1 Å². The lowest BCUT2D eigenvalue weighted by molar-refractivity contribution is 0.709. The molecule has 0 amide bonds. The number of hydrogen-bond acceptors (Lipinski definition) is 5. The zero-order chi connectivity index (χ0) is 11.6. The lowest BCUT2D eigenvalue weighted by atomic mass is 10.5. The number of aromatic nitrogens is 4. The third-order valence-corrected chi connectivity index (χ3v) is 2.03. The van der Waals surface area contributed by atoms with Gasteiger partial charge in [0.15, 0.2) is 5.65 Å². The van der Waals surface area contributed by atoms with Crippen LogP contribution in [0.5, 0.6) is 0 Å². The Balaban J connectivity index is 0. The van der Waals surface area contributed by atoms with E-state index in [0.29, 0.717) is 11.2 Å². The van der Waals surface area contributed by atoms with Crippen LogP contribution in [0, 0.1) is 0 Å². The van der Waals surface area contributed by atoms with Crippen LogP contribution in [0.1, 0.15) is 0 Å². The number of imidazole rings is 1. The molecular weight excluding hydrogens is 224 g/mol. The molecular formula is C9H18N6O2. The molecule has 96 valence electrons. The maximum atomic E-state index is 11.4. The first-order valence-corrected chi connectivity index (χ1v) is 4.22. The zero-order valence-corrected chi connectivity index (χ0v) is 10.1. The van der Waals surface area contributed by atoms with E-state index >= 15 is 0 Å². The molecule has 0 aliphatic carbocycles. The topological polar surface area (TPSA) is 143 Å². The summed E-state index contributed by atoms with van der Waals surface area (Å²) in [6.07, 6.45) is 1.39. The number of aromatic amines is 1. The average Bonchev–Trinajstić information content (AvgIpc) is 2.75. The highest BCUT2D eigenvalue weighted by Crippen LogP contribution is 1.97. The first-order valence-electron chi connectivity index (χ1n) is 4.22. The highest BCUT2D eigenvalue weighted by molar-refractivity contribution is 5.68. The van der Waals surface area contributed by atoms with Gasteiger partial charge in [0, 0.05) is 14.1 Å². The zero-order valence-electron chi connectivity index (χ0n) is 10.1. The standard InChI is InChI=1S/C7H8N4O2.C2H4.2H3N/c1-10-5-4(8-3-9-5)6(12)11(2)7(10)13;1-2;;/h3H,1-2H3,(H,8,9);1-2H2;2*1H3. The molecule has 7 N–H and O–H groups in total. The molecule has 0 fully saturated rings. The summed E-state index contributed by atoms with van der Waals surface area (Å²) in [6, 6.07) is 0. The van der Waals surface area contributed by atoms with Gasteiger partial charge in [0.25, 0.3) is 5.56 Å². The Hall–Kier alpha value is -2.19. The summed E-state index contributed by atoms with van der Waals surface area (Å²) in [5.74, 6) is 0. The molecule has 0 atom stereocenters. The number of nitrogens with one attached hydrogen (secondary N) is 1. The van der Waals surface area contributed by atoms with Crippen molar-refractivity contribution in [3.8, 4) is 0 Å². The Kier molecular flexibility index (Phi) is 6.48. The second kappa shape index (κ2) is 6.40. The van der Waals surface area contributed by atoms with Gasteiger partial charge in [-0.2, -0.15) is 0 Å². The van der Waals surface area contributed by atoms with E-state index in [9.17, 15) is 9.59 Å². The van der Waals surface area contributed by atoms with Crippen LogP contribution in [0.2, 0.25) is 0 Å². The molecule has 2 aromatic heterocycles. The van der Waals surface area contributed by atoms with Crippen LogP contribution < -0.4 is 23.6 Å². The van der Waals surface area contributed by atoms with Crippen LogP contribution in [-0.2, 0) is 14.1 Å². The Morgan fingerprint density at radius 2 is 1.71 bits per heavy atom. The average molecular weight is 242 g/mol. The summed E-state index contributed by atoms with van der Waals surface area (Å²) in [7, 11) is 3.01. The molecule has 0 saturated carbocycles. The van der Waals surface area contributed by atoms with Crippen LogP contribution >= 0.6 is 0 Å². The van der Waals surface area contributed by atoms with Crippen molar-refractivity contribution in [3.05, 3.63) is 40.3 Å². The maximum Gasteiger partial charge on any atom is 0.332 e. The van der Waals surface area contributed by atoms with E-state index in [1.807, 2.05) is 0 Å². The van der Waals surface area contributed by atoms with E-state index in [2.05, 4.69) is 23.1 Å². The van der Waals surface area contributed by atoms with Crippen molar-refractivity contribution in [2.45, 2.75) is 0 Å². The molecule has 0 bridgehead atoms. The van der Waals surface area contributed by atoms with Gasteiger partial charge in [0.2, 0.25) is 0 Å². The predicted molar refractivity (Wildman–Crippen MR) is 67.9 cm³/mol. The van der Waals surface area contributed by atoms with Crippen LogP contribution in [0.3, 0.4) is 0 Å². The molecule has 17 heavy (non-hydrogen) atoms. The number of fused-ring (bicyclic) bond motifs is 1. The predicted octanol–water partition coefficient (Wildman–Crippen LogP) is 0.0865. The lowest BCUT2D eigenvalue weighted by Gasteiger charge is -2.00. The first kappa shape index (κ1) is 17.2. The van der Waals surface area contributed by atoms with Crippen molar-refractivity contribution in [3.63, 3.8) is 0 Å². The monoisotopic (exact) mass is 242 g/mol. The third kappa shape index (κ3) is 2.49. The number of H-pyrrole nitrogens is 1. The van der Waals surface area contributed by atoms with Gasteiger partial charge in [0.1, 0.15) is 5.52 Å². The van der Waals surface area contributed by atoms with E-state index < -0.39 is 0 Å². The van der Waals surface area contributed by atoms with Gasteiger partial charge in [0.05, 0.1) is 6.33 Å². The van der Waals surface area contributed by atoms with Crippen LogP contribution in [0.25, 0.3) is 11.2 Å². The van der Waals surface area contributed by atoms with Gasteiger partial charge < -0.3 is 17.3 Å². The van der Waals surface area contributed by atoms with Gasteiger partial charge in [-0.25, -0.2) is 9.78 Å². The van der Waals surface area contributed by atoms with Gasteiger partial charge in [-0.1, -0.05) is 0 Å². The normalized spacial score (nSPS) is 8.59. The Bertz CT molecular complexity index is 594. The van der Waals surface area contributed by atoms with Crippen LogP contribution in [-0.4, -0.2) is 19.1 Å². The van der Waals surface area contributed by atoms with E-state index in [1.54, 1.807) is 7.05 Å². The second-order valence-corrected chi connectivity index (χ2v) is 2.81. The number of aryl methyl sites for hydroxylation is 1. The largest absolute Gasteiger partial charge is 0.344 e. The summed E-state index contributed by atoms with van der Waals surface area (Å²) in [6.45, 7) is 6.00. The molecule has 0 aliphatic rings. The van der Waals surface area contributed by atoms with Crippen molar-refractivity contribution in [2.24, 2.45) is 14.1 Å². The molecule has 2 heterocycles. The highest BCUT2D eigenvalue weighted by atomic mass is 16.2. The minimum absolute atomic E-state index is 0. The SMILES string of the molecule is C=C.Cn1c(=O)c2[nH]cnc2n(C)c1=O.N.N. The van der Waals surface area contributed by atoms with Crippen molar-refractivity contribution >= 4 is 11.2 Å². The molecule has 8 heteroatoms. The van der Waals surface area contributed by atoms with Crippen molar-refractivity contribution in [1.82, 2.24) is 31.4 Å². The summed E-state index contributed by atoms with van der Waals surface area (Å²) >= 11 is 0. The second-order valence-electron chi connectivity index (χ2n) is 2.81. The minimum atomic E-state index is -0.371. The summed E-state index contributed by atoms with van der Waals surface area (Å²) in [4.78, 5) is 29.4. The molecule has 0 aliphatic heterocycles. The Morgan fingerprint density at radius 1 is 1.18 bits per heavy atom. The fourth-order valence-corrected chi connectivity index (χ4v) is 1.27. The molecule has 0 unspecified atom stereocenters. The van der Waals surface area contributed by atoms with E-state index in [-0.39, 0.29) is 23.6 Å². The molecule has 0 saturated heterocycles. The first-order chi connectivity index (χ1) is 7.13. The smallest absolute Gasteiger partial charge is 0.332 e. The summed E-state index contributed by atoms with van der Waals surface area (Å²) in [5, 5.41) is 0. The van der Waals surface area contributed by atoms with Gasteiger partial charge in [-0.3, -0.25) is 13.9 Å². The Morgan fingerprint density at radius 3 is 2.24 bits per heavy atom. The van der Waals surface area contributed by atoms with E-state index in [0.717, 1.165) is 4.57 Å². The minimum Gasteiger partial charge on any atom is -0.344 e. The van der Waals surface area contributed by atoms with Crippen molar-refractivity contribution in [2.75, 3.05) is 0 Å². The summed E-state index contributed by atoms with van der Waals surface area (Å²) < 4.78 is 2.37. The third-order valence-electron chi connectivity index (χ3n) is 2.03. The van der Waals surface area contributed by atoms with E-state index in [4.69, 9.17) is 0 Å². The van der Waals surface area contributed by atoms with Gasteiger partial charge >= 0.3 is 5.69 Å². The highest BCUT2D eigenvalue weighted by Gasteiger charge is 2.08. The maximum absolute atomic E-state index is 11.4. The van der Waals surface area contributed by atoms with Crippen molar-refractivity contribution in [1.29, 1.82) is 0 Å². The molecule has 2 aromatic rings. The molecule has 0 radical (unpaired) electrons. The number of nitrogens with zero attached hydrogens (tertiary/aromatic N) is 3. The fraction of sp³-hybridized carbons (Fsp3) is 0.222. The van der Waals surface area contributed by atoms with Crippen LogP contribution in [0.4, 0.5) is 0 Å². The van der Waals surface area contributed by atoms with E-state index in [1.165, 1.54) is 17.9 Å².